The van der Waals surface area contributed by atoms with E-state index >= 15 is 0 Å². The first-order valence-electron chi connectivity index (χ1n) is 8.65. The summed E-state index contributed by atoms with van der Waals surface area (Å²) >= 11 is 1.26. The molecule has 0 aromatic carbocycles. The van der Waals surface area contributed by atoms with Gasteiger partial charge < -0.3 is 34.8 Å². The summed E-state index contributed by atoms with van der Waals surface area (Å²) in [6.07, 6.45) is 0. The van der Waals surface area contributed by atoms with Gasteiger partial charge >= 0.3 is 5.97 Å². The SMILES string of the molecule is COCCOCC(=O)N1CCN(c2nc(C(=O)N[C@@H](CO)C(=O)O)cs2)CC1. The Labute approximate surface area is 165 Å². The Balaban J connectivity index is 1.82. The van der Waals surface area contributed by atoms with Gasteiger partial charge in [-0.15, -0.1) is 11.3 Å². The fraction of sp³-hybridized carbons (Fsp3) is 0.625. The third-order valence-electron chi connectivity index (χ3n) is 4.07. The Bertz CT molecular complexity index is 676. The topological polar surface area (TPSA) is 142 Å². The van der Waals surface area contributed by atoms with Gasteiger partial charge in [0.05, 0.1) is 19.8 Å². The molecule has 28 heavy (non-hydrogen) atoms. The van der Waals surface area contributed by atoms with E-state index in [1.165, 1.54) is 16.7 Å². The highest BCUT2D eigenvalue weighted by Gasteiger charge is 2.25. The molecule has 156 valence electrons. The summed E-state index contributed by atoms with van der Waals surface area (Å²) in [4.78, 5) is 42.9. The van der Waals surface area contributed by atoms with Crippen LogP contribution < -0.4 is 10.2 Å². The van der Waals surface area contributed by atoms with Gasteiger partial charge in [0, 0.05) is 38.7 Å². The van der Waals surface area contributed by atoms with Crippen molar-refractivity contribution in [2.24, 2.45) is 0 Å². The van der Waals surface area contributed by atoms with E-state index in [0.29, 0.717) is 44.5 Å². The zero-order chi connectivity index (χ0) is 20.5. The van der Waals surface area contributed by atoms with Crippen LogP contribution in [0, 0.1) is 0 Å². The van der Waals surface area contributed by atoms with E-state index in [1.807, 2.05) is 4.90 Å². The first-order valence-corrected chi connectivity index (χ1v) is 9.53. The number of amides is 2. The van der Waals surface area contributed by atoms with Crippen molar-refractivity contribution in [3.63, 3.8) is 0 Å². The molecule has 1 atom stereocenters. The first kappa shape index (κ1) is 22.0. The average molecular weight is 416 g/mol. The van der Waals surface area contributed by atoms with Crippen LogP contribution >= 0.6 is 11.3 Å². The lowest BCUT2D eigenvalue weighted by atomic mass is 10.3. The molecular weight excluding hydrogens is 392 g/mol. The van der Waals surface area contributed by atoms with Crippen molar-refractivity contribution >= 4 is 34.3 Å². The average Bonchev–Trinajstić information content (AvgIpc) is 3.19. The maximum absolute atomic E-state index is 12.1. The zero-order valence-corrected chi connectivity index (χ0v) is 16.3. The molecule has 12 heteroatoms. The Hall–Kier alpha value is -2.28. The predicted molar refractivity (Wildman–Crippen MR) is 99.6 cm³/mol. The second-order valence-electron chi connectivity index (χ2n) is 5.98. The van der Waals surface area contributed by atoms with Crippen LogP contribution in [0.25, 0.3) is 0 Å². The van der Waals surface area contributed by atoms with Crippen LogP contribution in [0.5, 0.6) is 0 Å². The van der Waals surface area contributed by atoms with Gasteiger partial charge in [-0.05, 0) is 0 Å². The number of hydrogen-bond acceptors (Lipinski definition) is 9. The van der Waals surface area contributed by atoms with Gasteiger partial charge in [0.2, 0.25) is 5.91 Å². The molecule has 2 amide bonds. The van der Waals surface area contributed by atoms with Crippen LogP contribution in [0.15, 0.2) is 5.38 Å². The van der Waals surface area contributed by atoms with E-state index in [1.54, 1.807) is 12.0 Å². The minimum atomic E-state index is -1.38. The number of carboxylic acid groups (broad SMARTS) is 1. The predicted octanol–water partition coefficient (Wildman–Crippen LogP) is -1.37. The Morgan fingerprint density at radius 2 is 2.00 bits per heavy atom. The third-order valence-corrected chi connectivity index (χ3v) is 4.97. The second-order valence-corrected chi connectivity index (χ2v) is 6.81. The number of hydrogen-bond donors (Lipinski definition) is 3. The van der Waals surface area contributed by atoms with Crippen LogP contribution in [0.4, 0.5) is 5.13 Å². The van der Waals surface area contributed by atoms with Crippen LogP contribution in [-0.4, -0.2) is 104 Å². The number of rotatable bonds is 10. The molecule has 1 aliphatic rings. The quantitative estimate of drug-likeness (QED) is 0.394. The molecule has 0 aliphatic carbocycles. The number of piperazine rings is 1. The van der Waals surface area contributed by atoms with Crippen LogP contribution in [0.2, 0.25) is 0 Å². The molecule has 1 aliphatic heterocycles. The van der Waals surface area contributed by atoms with Crippen molar-refractivity contribution in [3.05, 3.63) is 11.1 Å². The fourth-order valence-electron chi connectivity index (χ4n) is 2.47. The van der Waals surface area contributed by atoms with E-state index < -0.39 is 24.5 Å². The van der Waals surface area contributed by atoms with Crippen LogP contribution in [0.3, 0.4) is 0 Å². The summed E-state index contributed by atoms with van der Waals surface area (Å²) < 4.78 is 10.1. The molecule has 0 unspecified atom stereocenters. The zero-order valence-electron chi connectivity index (χ0n) is 15.5. The first-order chi connectivity index (χ1) is 13.5. The van der Waals surface area contributed by atoms with Crippen LogP contribution in [0.1, 0.15) is 10.5 Å². The molecular formula is C16H24N4O7S. The summed E-state index contributed by atoms with van der Waals surface area (Å²) in [5, 5.41) is 22.2. The lowest BCUT2D eigenvalue weighted by molar-refractivity contribution is -0.140. The smallest absolute Gasteiger partial charge is 0.328 e. The number of nitrogens with one attached hydrogen (secondary N) is 1. The number of thiazole rings is 1. The van der Waals surface area contributed by atoms with Crippen LogP contribution in [-0.2, 0) is 19.1 Å². The molecule has 2 heterocycles. The molecule has 3 N–H and O–H groups in total. The number of aliphatic hydroxyl groups excluding tert-OH is 1. The number of nitrogens with zero attached hydrogens (tertiary/aromatic N) is 3. The van der Waals surface area contributed by atoms with Crippen molar-refractivity contribution in [1.29, 1.82) is 0 Å². The van der Waals surface area contributed by atoms with Gasteiger partial charge in [0.15, 0.2) is 11.2 Å². The summed E-state index contributed by atoms with van der Waals surface area (Å²) in [5.41, 5.74) is 0.0877. The minimum absolute atomic E-state index is 0.0144. The Morgan fingerprint density at radius 3 is 2.61 bits per heavy atom. The van der Waals surface area contributed by atoms with E-state index in [0.717, 1.165) is 0 Å². The van der Waals surface area contributed by atoms with E-state index in [4.69, 9.17) is 19.7 Å². The van der Waals surface area contributed by atoms with E-state index in [2.05, 4.69) is 10.3 Å². The molecule has 2 rings (SSSR count). The molecule has 0 radical (unpaired) electrons. The van der Waals surface area contributed by atoms with Gasteiger partial charge in [-0.2, -0.15) is 0 Å². The highest BCUT2D eigenvalue weighted by Crippen LogP contribution is 2.22. The summed E-state index contributed by atoms with van der Waals surface area (Å²) in [5.74, 6) is -2.07. The van der Waals surface area contributed by atoms with E-state index in [-0.39, 0.29) is 18.2 Å². The molecule has 1 aromatic rings. The molecule has 1 fully saturated rings. The summed E-state index contributed by atoms with van der Waals surface area (Å²) in [6, 6.07) is -1.38. The third kappa shape index (κ3) is 6.12. The largest absolute Gasteiger partial charge is 0.480 e. The van der Waals surface area contributed by atoms with Gasteiger partial charge in [-0.1, -0.05) is 0 Å². The van der Waals surface area contributed by atoms with Crippen molar-refractivity contribution in [2.45, 2.75) is 6.04 Å². The van der Waals surface area contributed by atoms with Gasteiger partial charge in [0.25, 0.3) is 5.91 Å². The number of aliphatic carboxylic acids is 1. The monoisotopic (exact) mass is 416 g/mol. The van der Waals surface area contributed by atoms with E-state index in [9.17, 15) is 14.4 Å². The maximum Gasteiger partial charge on any atom is 0.328 e. The molecule has 0 bridgehead atoms. The number of aliphatic hydroxyl groups is 1. The minimum Gasteiger partial charge on any atom is -0.480 e. The molecule has 0 spiro atoms. The number of anilines is 1. The number of methoxy groups -OCH3 is 1. The van der Waals surface area contributed by atoms with Crippen molar-refractivity contribution in [3.8, 4) is 0 Å². The van der Waals surface area contributed by atoms with Gasteiger partial charge in [-0.25, -0.2) is 9.78 Å². The number of carbonyl (C=O) groups is 3. The molecule has 0 saturated carbocycles. The number of aromatic nitrogens is 1. The second kappa shape index (κ2) is 10.9. The number of carboxylic acids is 1. The summed E-state index contributed by atoms with van der Waals surface area (Å²) in [7, 11) is 1.56. The van der Waals surface area contributed by atoms with Gasteiger partial charge in [0.1, 0.15) is 12.3 Å². The maximum atomic E-state index is 12.1. The van der Waals surface area contributed by atoms with Crippen molar-refractivity contribution < 1.29 is 34.1 Å². The molecule has 1 saturated heterocycles. The lowest BCUT2D eigenvalue weighted by Crippen LogP contribution is -2.49. The standard InChI is InChI=1S/C16H24N4O7S/c1-26-6-7-27-9-13(22)19-2-4-20(5-3-19)16-18-12(10-28-16)14(23)17-11(8-21)15(24)25/h10-11,21H,2-9H2,1H3,(H,17,23)(H,24,25)/t11-/m0/s1. The molecule has 11 nitrogen and oxygen atoms in total. The van der Waals surface area contributed by atoms with Crippen molar-refractivity contribution in [2.75, 3.05) is 64.6 Å². The lowest BCUT2D eigenvalue weighted by Gasteiger charge is -2.34. The Kier molecular flexibility index (Phi) is 8.57. The number of ether oxygens (including phenoxy) is 2. The highest BCUT2D eigenvalue weighted by molar-refractivity contribution is 7.13. The molecule has 1 aromatic heterocycles. The Morgan fingerprint density at radius 1 is 1.29 bits per heavy atom. The highest BCUT2D eigenvalue weighted by atomic mass is 32.1. The summed E-state index contributed by atoms with van der Waals surface area (Å²) in [6.45, 7) is 2.26. The number of carbonyl (C=O) groups excluding carboxylic acids is 2. The fourth-order valence-corrected chi connectivity index (χ4v) is 3.33. The normalized spacial score (nSPS) is 15.4. The van der Waals surface area contributed by atoms with Crippen molar-refractivity contribution in [1.82, 2.24) is 15.2 Å². The van der Waals surface area contributed by atoms with Gasteiger partial charge in [-0.3, -0.25) is 9.59 Å².